The standard InChI is InChI=1S/C26H26FN5O5S2/c1-36-19-8-10-20(11-9-19)37-16-24-30-31-26(32(24)23-5-3-2-4-22(23)27)38-17-25(33)29-15-14-18-6-12-21(13-7-18)39(28,34)35/h2-13H,14-17H2,1H3,(H,29,33)(H2,28,34,35). The Hall–Kier alpha value is -3.94. The van der Waals surface area contributed by atoms with E-state index < -0.39 is 15.8 Å². The number of amides is 1. The lowest BCUT2D eigenvalue weighted by Crippen LogP contribution is -2.27. The molecule has 13 heteroatoms. The summed E-state index contributed by atoms with van der Waals surface area (Å²) in [4.78, 5) is 12.5. The maximum Gasteiger partial charge on any atom is 0.238 e. The van der Waals surface area contributed by atoms with Crippen LogP contribution in [0.3, 0.4) is 0 Å². The topological polar surface area (TPSA) is 138 Å². The average molecular weight is 572 g/mol. The summed E-state index contributed by atoms with van der Waals surface area (Å²) in [6.45, 7) is 0.361. The highest BCUT2D eigenvalue weighted by Gasteiger charge is 2.19. The van der Waals surface area contributed by atoms with Crippen LogP contribution in [-0.2, 0) is 27.8 Å². The lowest BCUT2D eigenvalue weighted by molar-refractivity contribution is -0.118. The Labute approximate surface area is 229 Å². The van der Waals surface area contributed by atoms with E-state index in [9.17, 15) is 17.6 Å². The Morgan fingerprint density at radius 3 is 2.38 bits per heavy atom. The number of ether oxygens (including phenoxy) is 2. The summed E-state index contributed by atoms with van der Waals surface area (Å²) < 4.78 is 50.0. The molecule has 0 saturated heterocycles. The predicted octanol–water partition coefficient (Wildman–Crippen LogP) is 3.09. The van der Waals surface area contributed by atoms with Crippen LogP contribution in [0.2, 0.25) is 0 Å². The number of thioether (sulfide) groups is 1. The fourth-order valence-corrected chi connectivity index (χ4v) is 4.86. The molecule has 0 aliphatic rings. The van der Waals surface area contributed by atoms with E-state index in [2.05, 4.69) is 15.5 Å². The van der Waals surface area contributed by atoms with Gasteiger partial charge in [-0.2, -0.15) is 0 Å². The van der Waals surface area contributed by atoms with Crippen molar-refractivity contribution in [1.29, 1.82) is 0 Å². The lowest BCUT2D eigenvalue weighted by Gasteiger charge is -2.12. The van der Waals surface area contributed by atoms with E-state index in [-0.39, 0.29) is 28.8 Å². The van der Waals surface area contributed by atoms with Crippen molar-refractivity contribution in [1.82, 2.24) is 20.1 Å². The number of aromatic nitrogens is 3. The summed E-state index contributed by atoms with van der Waals surface area (Å²) in [7, 11) is -2.18. The minimum Gasteiger partial charge on any atom is -0.497 e. The molecule has 1 heterocycles. The van der Waals surface area contributed by atoms with Crippen molar-refractivity contribution in [3.8, 4) is 17.2 Å². The largest absolute Gasteiger partial charge is 0.497 e. The molecule has 0 atom stereocenters. The SMILES string of the molecule is COc1ccc(OCc2nnc(SCC(=O)NCCc3ccc(S(N)(=O)=O)cc3)n2-c2ccccc2F)cc1. The van der Waals surface area contributed by atoms with Crippen LogP contribution in [0.15, 0.2) is 82.8 Å². The number of para-hydroxylation sites is 1. The number of nitrogens with zero attached hydrogens (tertiary/aromatic N) is 3. The second kappa shape index (κ2) is 12.7. The minimum atomic E-state index is -3.75. The van der Waals surface area contributed by atoms with Crippen molar-refractivity contribution in [3.63, 3.8) is 0 Å². The average Bonchev–Trinajstić information content (AvgIpc) is 3.33. The van der Waals surface area contributed by atoms with E-state index in [0.717, 1.165) is 17.3 Å². The van der Waals surface area contributed by atoms with Gasteiger partial charge in [0.25, 0.3) is 0 Å². The molecule has 1 aromatic heterocycles. The smallest absolute Gasteiger partial charge is 0.238 e. The van der Waals surface area contributed by atoms with Gasteiger partial charge in [0.05, 0.1) is 23.4 Å². The third-order valence-corrected chi connectivity index (χ3v) is 7.40. The van der Waals surface area contributed by atoms with Crippen LogP contribution < -0.4 is 19.9 Å². The lowest BCUT2D eigenvalue weighted by atomic mass is 10.1. The number of methoxy groups -OCH3 is 1. The number of sulfonamides is 1. The van der Waals surface area contributed by atoms with Gasteiger partial charge in [-0.3, -0.25) is 9.36 Å². The summed E-state index contributed by atoms with van der Waals surface area (Å²) in [5.41, 5.74) is 1.08. The second-order valence-electron chi connectivity index (χ2n) is 8.23. The Balaban J connectivity index is 1.38. The summed E-state index contributed by atoms with van der Waals surface area (Å²) in [6, 6.07) is 19.4. The highest BCUT2D eigenvalue weighted by molar-refractivity contribution is 7.99. The zero-order valence-electron chi connectivity index (χ0n) is 20.9. The third-order valence-electron chi connectivity index (χ3n) is 5.54. The van der Waals surface area contributed by atoms with Crippen LogP contribution in [0.1, 0.15) is 11.4 Å². The second-order valence-corrected chi connectivity index (χ2v) is 10.7. The molecule has 39 heavy (non-hydrogen) atoms. The van der Waals surface area contributed by atoms with Gasteiger partial charge >= 0.3 is 0 Å². The van der Waals surface area contributed by atoms with Crippen LogP contribution in [0, 0.1) is 5.82 Å². The van der Waals surface area contributed by atoms with Crippen LogP contribution in [0.5, 0.6) is 11.5 Å². The number of carbonyl (C=O) groups excluding carboxylic acids is 1. The van der Waals surface area contributed by atoms with Gasteiger partial charge in [-0.25, -0.2) is 17.9 Å². The molecular weight excluding hydrogens is 545 g/mol. The molecule has 4 rings (SSSR count). The summed E-state index contributed by atoms with van der Waals surface area (Å²) >= 11 is 1.12. The van der Waals surface area contributed by atoms with Gasteiger partial charge < -0.3 is 14.8 Å². The molecule has 0 unspecified atom stereocenters. The van der Waals surface area contributed by atoms with Crippen molar-refractivity contribution in [3.05, 3.63) is 90.0 Å². The fourth-order valence-electron chi connectivity index (χ4n) is 3.56. The van der Waals surface area contributed by atoms with Crippen LogP contribution >= 0.6 is 11.8 Å². The monoisotopic (exact) mass is 571 g/mol. The first-order valence-corrected chi connectivity index (χ1v) is 14.2. The maximum absolute atomic E-state index is 14.7. The number of hydrogen-bond acceptors (Lipinski definition) is 8. The first-order valence-electron chi connectivity index (χ1n) is 11.7. The van der Waals surface area contributed by atoms with E-state index in [4.69, 9.17) is 14.6 Å². The Morgan fingerprint density at radius 2 is 1.72 bits per heavy atom. The molecule has 4 aromatic rings. The third kappa shape index (κ3) is 7.56. The van der Waals surface area contributed by atoms with E-state index in [0.29, 0.717) is 35.4 Å². The highest BCUT2D eigenvalue weighted by Crippen LogP contribution is 2.25. The normalized spacial score (nSPS) is 11.3. The van der Waals surface area contributed by atoms with Crippen molar-refractivity contribution < 1.29 is 27.1 Å². The summed E-state index contributed by atoms with van der Waals surface area (Å²) in [5.74, 6) is 0.932. The quantitative estimate of drug-likeness (QED) is 0.248. The van der Waals surface area contributed by atoms with Gasteiger partial charge in [-0.05, 0) is 60.5 Å². The molecule has 10 nitrogen and oxygen atoms in total. The molecule has 0 fully saturated rings. The van der Waals surface area contributed by atoms with Gasteiger partial charge in [-0.15, -0.1) is 10.2 Å². The van der Waals surface area contributed by atoms with Gasteiger partial charge in [0, 0.05) is 6.54 Å². The number of nitrogens with one attached hydrogen (secondary N) is 1. The fraction of sp³-hybridized carbons (Fsp3) is 0.192. The molecule has 1 amide bonds. The Morgan fingerprint density at radius 1 is 1.03 bits per heavy atom. The molecule has 0 saturated carbocycles. The number of rotatable bonds is 12. The molecule has 0 bridgehead atoms. The van der Waals surface area contributed by atoms with Crippen molar-refractivity contribution >= 4 is 27.7 Å². The molecule has 0 radical (unpaired) electrons. The van der Waals surface area contributed by atoms with Crippen LogP contribution in [0.4, 0.5) is 4.39 Å². The number of hydrogen-bond donors (Lipinski definition) is 2. The Bertz CT molecular complexity index is 1530. The maximum atomic E-state index is 14.7. The van der Waals surface area contributed by atoms with E-state index in [1.165, 1.54) is 22.8 Å². The molecule has 3 aromatic carbocycles. The van der Waals surface area contributed by atoms with Crippen LogP contribution in [-0.4, -0.2) is 48.5 Å². The van der Waals surface area contributed by atoms with Gasteiger partial charge in [0.1, 0.15) is 23.9 Å². The summed E-state index contributed by atoms with van der Waals surface area (Å²) in [6.07, 6.45) is 0.500. The summed E-state index contributed by atoms with van der Waals surface area (Å²) in [5, 5.41) is 16.6. The number of benzene rings is 3. The Kier molecular flexibility index (Phi) is 9.17. The van der Waals surface area contributed by atoms with Crippen molar-refractivity contribution in [2.24, 2.45) is 5.14 Å². The van der Waals surface area contributed by atoms with Crippen molar-refractivity contribution in [2.75, 3.05) is 19.4 Å². The number of nitrogens with two attached hydrogens (primary N) is 1. The van der Waals surface area contributed by atoms with Crippen molar-refractivity contribution in [2.45, 2.75) is 23.1 Å². The van der Waals surface area contributed by atoms with E-state index in [1.54, 1.807) is 61.7 Å². The first kappa shape index (κ1) is 28.1. The number of halogens is 1. The van der Waals surface area contributed by atoms with Gasteiger partial charge in [-0.1, -0.05) is 36.0 Å². The van der Waals surface area contributed by atoms with Gasteiger partial charge in [0.15, 0.2) is 11.0 Å². The van der Waals surface area contributed by atoms with Gasteiger partial charge in [0.2, 0.25) is 15.9 Å². The minimum absolute atomic E-state index is 0.0185. The van der Waals surface area contributed by atoms with E-state index in [1.807, 2.05) is 0 Å². The molecular formula is C26H26FN5O5S2. The highest BCUT2D eigenvalue weighted by atomic mass is 32.2. The van der Waals surface area contributed by atoms with E-state index >= 15 is 0 Å². The number of primary sulfonamides is 1. The first-order chi connectivity index (χ1) is 18.7. The zero-order valence-corrected chi connectivity index (χ0v) is 22.5. The van der Waals surface area contributed by atoms with Crippen LogP contribution in [0.25, 0.3) is 5.69 Å². The zero-order chi connectivity index (χ0) is 27.8. The molecule has 0 aliphatic carbocycles. The molecule has 3 N–H and O–H groups in total. The molecule has 0 aliphatic heterocycles. The molecule has 0 spiro atoms. The molecule has 204 valence electrons. The predicted molar refractivity (Wildman–Crippen MR) is 144 cm³/mol. The number of carbonyl (C=O) groups is 1.